The standard InChI is InChI=1S/C24H40N4OS.HI/c1-4-30(29)23-11-7-10-22(16-23)27-24(25-3)26-17-20-8-5-6-9-21(20)18-28-14-12-19(2)13-15-28;/h5-6,8-9,19,22-23H,4,7,10-18H2,1-3H3,(H2,25,26,27);1H. The molecule has 1 aromatic carbocycles. The number of guanidine groups is 1. The highest BCUT2D eigenvalue weighted by Gasteiger charge is 2.26. The number of halogens is 1. The molecule has 0 aromatic heterocycles. The van der Waals surface area contributed by atoms with E-state index in [-0.39, 0.29) is 24.0 Å². The molecular formula is C24H41IN4OS. The van der Waals surface area contributed by atoms with Crippen molar-refractivity contribution in [2.45, 2.75) is 76.8 Å². The SMILES string of the molecule is CCS(=O)C1CCCC(NC(=NC)NCc2ccccc2CN2CCC(C)CC2)C1.I. The van der Waals surface area contributed by atoms with Crippen LogP contribution in [0, 0.1) is 5.92 Å². The number of hydrogen-bond acceptors (Lipinski definition) is 3. The zero-order chi connectivity index (χ0) is 21.3. The van der Waals surface area contributed by atoms with Gasteiger partial charge in [-0.2, -0.15) is 0 Å². The smallest absolute Gasteiger partial charge is 0.191 e. The van der Waals surface area contributed by atoms with Crippen molar-refractivity contribution < 1.29 is 4.21 Å². The molecular weight excluding hydrogens is 519 g/mol. The molecule has 1 aliphatic heterocycles. The van der Waals surface area contributed by atoms with Gasteiger partial charge >= 0.3 is 0 Å². The summed E-state index contributed by atoms with van der Waals surface area (Å²) in [5.74, 6) is 2.48. The Bertz CT molecular complexity index is 721. The Morgan fingerprint density at radius 3 is 2.55 bits per heavy atom. The molecule has 1 saturated heterocycles. The van der Waals surface area contributed by atoms with E-state index in [1.54, 1.807) is 0 Å². The van der Waals surface area contributed by atoms with Gasteiger partial charge in [-0.25, -0.2) is 0 Å². The topological polar surface area (TPSA) is 56.7 Å². The number of rotatable bonds is 7. The Morgan fingerprint density at radius 1 is 1.16 bits per heavy atom. The number of likely N-dealkylation sites (tertiary alicyclic amines) is 1. The molecule has 1 aromatic rings. The summed E-state index contributed by atoms with van der Waals surface area (Å²) in [6.45, 7) is 8.60. The molecule has 2 aliphatic rings. The monoisotopic (exact) mass is 560 g/mol. The van der Waals surface area contributed by atoms with Gasteiger partial charge in [0.15, 0.2) is 5.96 Å². The van der Waals surface area contributed by atoms with Crippen molar-refractivity contribution in [2.24, 2.45) is 10.9 Å². The van der Waals surface area contributed by atoms with Gasteiger partial charge in [0.2, 0.25) is 0 Å². The maximum absolute atomic E-state index is 12.2. The predicted molar refractivity (Wildman–Crippen MR) is 144 cm³/mol. The van der Waals surface area contributed by atoms with Gasteiger partial charge in [0, 0.05) is 48.0 Å². The van der Waals surface area contributed by atoms with Crippen LogP contribution in [-0.2, 0) is 23.9 Å². The van der Waals surface area contributed by atoms with E-state index in [9.17, 15) is 4.21 Å². The van der Waals surface area contributed by atoms with Crippen LogP contribution >= 0.6 is 24.0 Å². The molecule has 0 spiro atoms. The van der Waals surface area contributed by atoms with Gasteiger partial charge in [0.25, 0.3) is 0 Å². The van der Waals surface area contributed by atoms with Crippen LogP contribution in [0.2, 0.25) is 0 Å². The van der Waals surface area contributed by atoms with Crippen molar-refractivity contribution in [1.82, 2.24) is 15.5 Å². The minimum absolute atomic E-state index is 0. The van der Waals surface area contributed by atoms with E-state index < -0.39 is 10.8 Å². The number of piperidine rings is 1. The Hall–Kier alpha value is -0.670. The molecule has 3 rings (SSSR count). The van der Waals surface area contributed by atoms with Gasteiger partial charge in [0.1, 0.15) is 0 Å². The van der Waals surface area contributed by atoms with Crippen LogP contribution in [-0.4, -0.2) is 52.3 Å². The normalized spacial score (nSPS) is 24.3. The third-order valence-electron chi connectivity index (χ3n) is 6.68. The summed E-state index contributed by atoms with van der Waals surface area (Å²) in [5, 5.41) is 7.43. The zero-order valence-corrected chi connectivity index (χ0v) is 22.6. The molecule has 7 heteroatoms. The Labute approximate surface area is 208 Å². The number of hydrogen-bond donors (Lipinski definition) is 2. The largest absolute Gasteiger partial charge is 0.354 e. The van der Waals surface area contributed by atoms with E-state index in [2.05, 4.69) is 51.7 Å². The lowest BCUT2D eigenvalue weighted by Gasteiger charge is -2.31. The second-order valence-electron chi connectivity index (χ2n) is 8.95. The van der Waals surface area contributed by atoms with E-state index >= 15 is 0 Å². The van der Waals surface area contributed by atoms with Crippen LogP contribution in [0.4, 0.5) is 0 Å². The summed E-state index contributed by atoms with van der Waals surface area (Å²) in [7, 11) is 1.14. The number of aliphatic imine (C=N–C) groups is 1. The van der Waals surface area contributed by atoms with Crippen LogP contribution in [0.5, 0.6) is 0 Å². The Kier molecular flexibility index (Phi) is 11.8. The number of benzene rings is 1. The summed E-state index contributed by atoms with van der Waals surface area (Å²) in [6.07, 6.45) is 6.95. The van der Waals surface area contributed by atoms with Crippen molar-refractivity contribution in [3.05, 3.63) is 35.4 Å². The predicted octanol–water partition coefficient (Wildman–Crippen LogP) is 4.28. The average Bonchev–Trinajstić information content (AvgIpc) is 2.78. The first-order valence-electron chi connectivity index (χ1n) is 11.7. The van der Waals surface area contributed by atoms with Crippen molar-refractivity contribution in [2.75, 3.05) is 25.9 Å². The molecule has 0 bridgehead atoms. The van der Waals surface area contributed by atoms with Gasteiger partial charge < -0.3 is 10.6 Å². The molecule has 2 N–H and O–H groups in total. The second-order valence-corrected chi connectivity index (χ2v) is 11.0. The molecule has 3 atom stereocenters. The van der Waals surface area contributed by atoms with Gasteiger partial charge in [-0.05, 0) is 62.2 Å². The van der Waals surface area contributed by atoms with Gasteiger partial charge in [0.05, 0.1) is 0 Å². The summed E-state index contributed by atoms with van der Waals surface area (Å²) < 4.78 is 12.2. The molecule has 0 amide bonds. The van der Waals surface area contributed by atoms with Crippen molar-refractivity contribution in [3.8, 4) is 0 Å². The fourth-order valence-electron chi connectivity index (χ4n) is 4.66. The van der Waals surface area contributed by atoms with Crippen molar-refractivity contribution >= 4 is 40.7 Å². The minimum atomic E-state index is -0.699. The zero-order valence-electron chi connectivity index (χ0n) is 19.4. The highest BCUT2D eigenvalue weighted by Crippen LogP contribution is 2.23. The fourth-order valence-corrected chi connectivity index (χ4v) is 6.01. The van der Waals surface area contributed by atoms with Crippen molar-refractivity contribution in [3.63, 3.8) is 0 Å². The van der Waals surface area contributed by atoms with Crippen LogP contribution < -0.4 is 10.6 Å². The average molecular weight is 561 g/mol. The summed E-state index contributed by atoms with van der Waals surface area (Å²) >= 11 is 0. The van der Waals surface area contributed by atoms with Crippen LogP contribution in [0.25, 0.3) is 0 Å². The fraction of sp³-hybridized carbons (Fsp3) is 0.708. The minimum Gasteiger partial charge on any atom is -0.354 e. The first kappa shape index (κ1) is 26.6. The third-order valence-corrected chi connectivity index (χ3v) is 8.42. The molecule has 5 nitrogen and oxygen atoms in total. The van der Waals surface area contributed by atoms with E-state index in [1.807, 2.05) is 14.0 Å². The molecule has 1 saturated carbocycles. The lowest BCUT2D eigenvalue weighted by molar-refractivity contribution is 0.185. The van der Waals surface area contributed by atoms with Gasteiger partial charge in [-0.3, -0.25) is 14.1 Å². The lowest BCUT2D eigenvalue weighted by Crippen LogP contribution is -2.46. The van der Waals surface area contributed by atoms with Crippen molar-refractivity contribution in [1.29, 1.82) is 0 Å². The van der Waals surface area contributed by atoms with E-state index in [4.69, 9.17) is 0 Å². The molecule has 31 heavy (non-hydrogen) atoms. The number of nitrogens with one attached hydrogen (secondary N) is 2. The maximum atomic E-state index is 12.2. The van der Waals surface area contributed by atoms with Crippen LogP contribution in [0.1, 0.15) is 63.5 Å². The van der Waals surface area contributed by atoms with E-state index in [0.29, 0.717) is 11.3 Å². The number of nitrogens with zero attached hydrogens (tertiary/aromatic N) is 2. The van der Waals surface area contributed by atoms with Gasteiger partial charge in [-0.1, -0.05) is 44.5 Å². The summed E-state index contributed by atoms with van der Waals surface area (Å²) in [4.78, 5) is 7.03. The third kappa shape index (κ3) is 8.31. The van der Waals surface area contributed by atoms with E-state index in [1.165, 1.54) is 37.1 Å². The quantitative estimate of drug-likeness (QED) is 0.297. The van der Waals surface area contributed by atoms with Gasteiger partial charge in [-0.15, -0.1) is 24.0 Å². The Morgan fingerprint density at radius 2 is 1.87 bits per heavy atom. The van der Waals surface area contributed by atoms with E-state index in [0.717, 1.165) is 56.4 Å². The molecule has 0 radical (unpaired) electrons. The van der Waals surface area contributed by atoms with Crippen LogP contribution in [0.3, 0.4) is 0 Å². The maximum Gasteiger partial charge on any atom is 0.191 e. The first-order chi connectivity index (χ1) is 14.6. The Balaban J connectivity index is 0.00000341. The van der Waals surface area contributed by atoms with Crippen LogP contribution in [0.15, 0.2) is 29.3 Å². The highest BCUT2D eigenvalue weighted by atomic mass is 127. The molecule has 1 heterocycles. The molecule has 2 fully saturated rings. The molecule has 1 aliphatic carbocycles. The summed E-state index contributed by atoms with van der Waals surface area (Å²) in [5.41, 5.74) is 2.75. The first-order valence-corrected chi connectivity index (χ1v) is 13.1. The molecule has 3 unspecified atom stereocenters. The highest BCUT2D eigenvalue weighted by molar-refractivity contribution is 14.0. The molecule has 176 valence electrons. The second kappa shape index (κ2) is 13.8. The lowest BCUT2D eigenvalue weighted by atomic mass is 9.95. The summed E-state index contributed by atoms with van der Waals surface area (Å²) in [6, 6.07) is 9.12.